The third-order valence-electron chi connectivity index (χ3n) is 11.4. The number of hydrogen-bond donors (Lipinski definition) is 4. The summed E-state index contributed by atoms with van der Waals surface area (Å²) < 4.78 is 0. The highest BCUT2D eigenvalue weighted by atomic mass is 16.1. The summed E-state index contributed by atoms with van der Waals surface area (Å²) in [5.74, 6) is 2.36. The second-order valence-corrected chi connectivity index (χ2v) is 16.5. The minimum Gasteiger partial charge on any atom is -0.379 e. The topological polar surface area (TPSA) is 68.4 Å². The fourth-order valence-corrected chi connectivity index (χ4v) is 8.15. The van der Waals surface area contributed by atoms with E-state index >= 15 is 0 Å². The maximum absolute atomic E-state index is 13.2. The van der Waals surface area contributed by atoms with E-state index in [1.807, 2.05) is 0 Å². The number of carbonyl (C=O) groups is 1. The van der Waals surface area contributed by atoms with Crippen LogP contribution in [0.1, 0.15) is 92.2 Å². The number of benzene rings is 1. The molecule has 6 heteroatoms. The molecule has 4 N–H and O–H groups in total. The molecule has 0 amide bonds. The number of likely N-dealkylation sites (N-methyl/N-ethyl adjacent to an activating group) is 1. The van der Waals surface area contributed by atoms with Crippen LogP contribution in [0.2, 0.25) is 0 Å². The van der Waals surface area contributed by atoms with Crippen molar-refractivity contribution in [3.05, 3.63) is 97.3 Å². The van der Waals surface area contributed by atoms with Gasteiger partial charge in [0.25, 0.3) is 0 Å². The monoisotopic (exact) mass is 672 g/mol. The van der Waals surface area contributed by atoms with Gasteiger partial charge in [-0.1, -0.05) is 125 Å². The molecule has 1 aromatic carbocycles. The number of hydrogen-bond acceptors (Lipinski definition) is 6. The Kier molecular flexibility index (Phi) is 13.9. The third-order valence-corrected chi connectivity index (χ3v) is 11.4. The van der Waals surface area contributed by atoms with E-state index in [4.69, 9.17) is 6.58 Å². The molecule has 1 saturated carbocycles. The van der Waals surface area contributed by atoms with Gasteiger partial charge in [0.2, 0.25) is 0 Å². The molecular weight excluding hydrogens is 603 g/mol. The van der Waals surface area contributed by atoms with Gasteiger partial charge in [-0.25, -0.2) is 0 Å². The summed E-state index contributed by atoms with van der Waals surface area (Å²) in [6.07, 6.45) is 7.62. The number of carbonyl (C=O) groups excluding carboxylic acids is 1. The van der Waals surface area contributed by atoms with E-state index in [0.29, 0.717) is 36.0 Å². The predicted octanol–water partition coefficient (Wildman–Crippen LogP) is 8.12. The number of ketones is 1. The van der Waals surface area contributed by atoms with Gasteiger partial charge in [-0.3, -0.25) is 4.79 Å². The molecule has 2 aliphatic rings. The van der Waals surface area contributed by atoms with Crippen molar-refractivity contribution in [2.24, 2.45) is 34.5 Å². The zero-order valence-electron chi connectivity index (χ0n) is 32.5. The summed E-state index contributed by atoms with van der Waals surface area (Å²) in [4.78, 5) is 15.6. The normalized spacial score (nSPS) is 20.5. The lowest BCUT2D eigenvalue weighted by Crippen LogP contribution is -2.49. The first-order valence-electron chi connectivity index (χ1n) is 18.7. The van der Waals surface area contributed by atoms with Gasteiger partial charge >= 0.3 is 0 Å². The summed E-state index contributed by atoms with van der Waals surface area (Å²) in [6.45, 7) is 41.0. The molecule has 0 aliphatic heterocycles. The van der Waals surface area contributed by atoms with E-state index < -0.39 is 0 Å². The Bertz CT molecular complexity index is 1330. The Morgan fingerprint density at radius 2 is 1.59 bits per heavy atom. The van der Waals surface area contributed by atoms with Crippen molar-refractivity contribution in [2.75, 3.05) is 20.1 Å². The van der Waals surface area contributed by atoms with E-state index in [1.165, 1.54) is 11.1 Å². The van der Waals surface area contributed by atoms with Gasteiger partial charge in [-0.05, 0) is 71.3 Å². The number of Topliss-reactive ketones (excluding diaryl/α,β-unsaturated/α-hetero) is 1. The van der Waals surface area contributed by atoms with Crippen LogP contribution in [0.15, 0.2) is 86.1 Å². The van der Waals surface area contributed by atoms with Gasteiger partial charge in [0.15, 0.2) is 5.78 Å². The number of rotatable bonds is 22. The van der Waals surface area contributed by atoms with Crippen LogP contribution >= 0.6 is 0 Å². The fraction of sp³-hybridized carbons (Fsp3) is 0.605. The number of allylic oxidation sites excluding steroid dienone is 1. The molecule has 0 heterocycles. The molecule has 3 rings (SSSR count). The van der Waals surface area contributed by atoms with Gasteiger partial charge in [0, 0.05) is 37.6 Å². The summed E-state index contributed by atoms with van der Waals surface area (Å²) in [6, 6.07) is 8.89. The average molecular weight is 672 g/mol. The molecule has 1 aromatic rings. The molecule has 0 aromatic heterocycles. The molecule has 0 spiro atoms. The van der Waals surface area contributed by atoms with E-state index in [0.717, 1.165) is 62.3 Å². The van der Waals surface area contributed by atoms with Crippen LogP contribution in [-0.2, 0) is 17.6 Å². The highest BCUT2D eigenvalue weighted by Crippen LogP contribution is 2.63. The fourth-order valence-electron chi connectivity index (χ4n) is 8.15. The standard InChI is InChI=1S/C43H69N5O/c1-15-20-37(41(49)30(6)44-24-17-3)45-29(5)28(4)39-36(43(39,12)13)27-48(14)31(7)40(35-25-33-22-18-19-23-34(33)26-35)47-32(8)46-38(21-16-2)42(9,10)11/h17-19,22-23,28,35-40,44-47H,3,5-8,15-16,20-21,24-27H2,1-2,4,9-14H3/t28?,36-,37?,38?,39+,40?/m0/s1. The minimum atomic E-state index is -0.341. The smallest absolute Gasteiger partial charge is 0.200 e. The quantitative estimate of drug-likeness (QED) is 0.0738. The lowest BCUT2D eigenvalue weighted by atomic mass is 9.84. The molecule has 1 fully saturated rings. The van der Waals surface area contributed by atoms with Crippen molar-refractivity contribution < 1.29 is 4.79 Å². The number of nitrogens with one attached hydrogen (secondary N) is 4. The van der Waals surface area contributed by atoms with E-state index in [-0.39, 0.29) is 34.6 Å². The molecule has 272 valence electrons. The van der Waals surface area contributed by atoms with Gasteiger partial charge < -0.3 is 26.2 Å². The van der Waals surface area contributed by atoms with E-state index in [2.05, 4.69) is 139 Å². The van der Waals surface area contributed by atoms with Crippen LogP contribution in [0.4, 0.5) is 0 Å². The van der Waals surface area contributed by atoms with Gasteiger partial charge in [-0.15, -0.1) is 6.58 Å². The summed E-state index contributed by atoms with van der Waals surface area (Å²) in [5, 5.41) is 14.2. The Morgan fingerprint density at radius 1 is 1.00 bits per heavy atom. The summed E-state index contributed by atoms with van der Waals surface area (Å²) >= 11 is 0. The number of nitrogens with zero attached hydrogens (tertiary/aromatic N) is 1. The van der Waals surface area contributed by atoms with Gasteiger partial charge in [0.1, 0.15) is 0 Å². The first-order chi connectivity index (χ1) is 23.0. The predicted molar refractivity (Wildman–Crippen MR) is 210 cm³/mol. The van der Waals surface area contributed by atoms with Crippen molar-refractivity contribution in [3.8, 4) is 0 Å². The van der Waals surface area contributed by atoms with Crippen LogP contribution in [0.25, 0.3) is 0 Å². The van der Waals surface area contributed by atoms with Crippen LogP contribution in [0.5, 0.6) is 0 Å². The van der Waals surface area contributed by atoms with Crippen molar-refractivity contribution in [1.82, 2.24) is 26.2 Å². The van der Waals surface area contributed by atoms with Crippen molar-refractivity contribution in [2.45, 2.75) is 112 Å². The van der Waals surface area contributed by atoms with Crippen molar-refractivity contribution in [1.29, 1.82) is 0 Å². The lowest BCUT2D eigenvalue weighted by molar-refractivity contribution is -0.117. The number of fused-ring (bicyclic) bond motifs is 1. The maximum atomic E-state index is 13.2. The van der Waals surface area contributed by atoms with Crippen LogP contribution < -0.4 is 21.3 Å². The SMILES string of the molecule is C=CCNC(=C)C(=O)C(CCC)NC(=C)C(C)[C@@H]1[C@H](CN(C)C(=C)C(NC(=C)NC(CCC)C(C)(C)C)C2Cc3ccccc3C2)C1(C)C. The highest BCUT2D eigenvalue weighted by Gasteiger charge is 2.60. The van der Waals surface area contributed by atoms with Gasteiger partial charge in [0.05, 0.1) is 23.6 Å². The van der Waals surface area contributed by atoms with E-state index in [1.54, 1.807) is 6.08 Å². The van der Waals surface area contributed by atoms with Crippen molar-refractivity contribution >= 4 is 5.78 Å². The van der Waals surface area contributed by atoms with Gasteiger partial charge in [-0.2, -0.15) is 0 Å². The zero-order valence-corrected chi connectivity index (χ0v) is 32.5. The first-order valence-corrected chi connectivity index (χ1v) is 18.7. The Labute approximate surface area is 300 Å². The van der Waals surface area contributed by atoms with Crippen molar-refractivity contribution in [3.63, 3.8) is 0 Å². The maximum Gasteiger partial charge on any atom is 0.200 e. The second-order valence-electron chi connectivity index (χ2n) is 16.5. The summed E-state index contributed by atoms with van der Waals surface area (Å²) in [7, 11) is 2.20. The molecule has 2 aliphatic carbocycles. The van der Waals surface area contributed by atoms with Crippen LogP contribution in [0, 0.1) is 34.5 Å². The molecule has 0 radical (unpaired) electrons. The summed E-state index contributed by atoms with van der Waals surface area (Å²) in [5.41, 5.74) is 5.59. The second kappa shape index (κ2) is 17.0. The molecule has 4 unspecified atom stereocenters. The van der Waals surface area contributed by atoms with Crippen LogP contribution in [-0.4, -0.2) is 48.9 Å². The Morgan fingerprint density at radius 3 is 2.12 bits per heavy atom. The minimum absolute atomic E-state index is 0.00751. The van der Waals surface area contributed by atoms with E-state index in [9.17, 15) is 4.79 Å². The zero-order chi connectivity index (χ0) is 36.7. The van der Waals surface area contributed by atoms with Crippen LogP contribution in [0.3, 0.4) is 0 Å². The average Bonchev–Trinajstić information content (AvgIpc) is 3.34. The lowest BCUT2D eigenvalue weighted by Gasteiger charge is -2.37. The molecule has 49 heavy (non-hydrogen) atoms. The molecule has 6 nitrogen and oxygen atoms in total. The Balaban J connectivity index is 1.73. The largest absolute Gasteiger partial charge is 0.379 e. The molecule has 0 saturated heterocycles. The molecular formula is C43H69N5O. The molecule has 0 bridgehead atoms. The Hall–Kier alpha value is -3.41. The first kappa shape index (κ1) is 40.0. The third kappa shape index (κ3) is 10.1. The highest BCUT2D eigenvalue weighted by molar-refractivity contribution is 5.98. The molecule has 6 atom stereocenters.